The molecule has 0 fully saturated rings. The largest absolute Gasteiger partial charge is 0.367 e. The molecule has 142 valence electrons. The van der Waals surface area contributed by atoms with Gasteiger partial charge in [0, 0.05) is 19.3 Å². The predicted octanol–water partition coefficient (Wildman–Crippen LogP) is 1.98. The van der Waals surface area contributed by atoms with E-state index in [-0.39, 0.29) is 11.4 Å². The van der Waals surface area contributed by atoms with Crippen molar-refractivity contribution >= 4 is 15.8 Å². The highest BCUT2D eigenvalue weighted by molar-refractivity contribution is 7.89. The Morgan fingerprint density at radius 2 is 1.78 bits per heavy atom. The molecule has 0 spiro atoms. The molecule has 0 bridgehead atoms. The van der Waals surface area contributed by atoms with Gasteiger partial charge < -0.3 is 5.32 Å². The van der Waals surface area contributed by atoms with Crippen molar-refractivity contribution in [2.75, 3.05) is 18.4 Å². The summed E-state index contributed by atoms with van der Waals surface area (Å²) in [7, 11) is -3.53. The van der Waals surface area contributed by atoms with Crippen molar-refractivity contribution in [1.82, 2.24) is 24.7 Å². The number of hydrogen-bond acceptors (Lipinski definition) is 6. The highest BCUT2D eigenvalue weighted by Crippen LogP contribution is 2.14. The summed E-state index contributed by atoms with van der Waals surface area (Å²) in [6, 6.07) is 10.5. The fourth-order valence-corrected chi connectivity index (χ4v) is 3.54. The van der Waals surface area contributed by atoms with Crippen LogP contribution in [-0.4, -0.2) is 41.5 Å². The van der Waals surface area contributed by atoms with Crippen LogP contribution < -0.4 is 10.0 Å². The number of sulfonamides is 1. The summed E-state index contributed by atoms with van der Waals surface area (Å²) >= 11 is 0. The lowest BCUT2D eigenvalue weighted by Crippen LogP contribution is -2.29. The number of aromatic nitrogens is 4. The van der Waals surface area contributed by atoms with E-state index in [0.29, 0.717) is 18.2 Å². The first-order valence-corrected chi connectivity index (χ1v) is 10.0. The molecule has 0 radical (unpaired) electrons. The molecule has 3 rings (SSSR count). The van der Waals surface area contributed by atoms with E-state index in [1.54, 1.807) is 35.0 Å². The van der Waals surface area contributed by atoms with Crippen LogP contribution in [0.25, 0.3) is 5.82 Å². The molecule has 0 saturated carbocycles. The van der Waals surface area contributed by atoms with Gasteiger partial charge in [-0.2, -0.15) is 5.10 Å². The first-order valence-electron chi connectivity index (χ1n) is 8.52. The molecule has 0 aliphatic heterocycles. The standard InChI is InChI=1S/C18H22N6O2S/c1-13-4-5-16(12-14(13)2)27(25,26)20-10-9-19-17-6-7-18(22-21-17)24-11-8-15(3)23-24/h4-8,11-12,20H,9-10H2,1-3H3,(H,19,21). The van der Waals surface area contributed by atoms with Gasteiger partial charge in [0.1, 0.15) is 5.82 Å². The van der Waals surface area contributed by atoms with Gasteiger partial charge in [0.2, 0.25) is 10.0 Å². The van der Waals surface area contributed by atoms with E-state index in [4.69, 9.17) is 0 Å². The van der Waals surface area contributed by atoms with Crippen molar-refractivity contribution in [3.8, 4) is 5.82 Å². The molecule has 0 aliphatic carbocycles. The lowest BCUT2D eigenvalue weighted by Gasteiger charge is -2.10. The molecule has 0 aliphatic rings. The SMILES string of the molecule is Cc1ccn(-c2ccc(NCCNS(=O)(=O)c3ccc(C)c(C)c3)nn2)n1. The van der Waals surface area contributed by atoms with Gasteiger partial charge in [-0.25, -0.2) is 17.8 Å². The van der Waals surface area contributed by atoms with Gasteiger partial charge in [-0.3, -0.25) is 0 Å². The van der Waals surface area contributed by atoms with Crippen molar-refractivity contribution in [3.05, 3.63) is 59.4 Å². The summed E-state index contributed by atoms with van der Waals surface area (Å²) in [5, 5.41) is 15.5. The normalized spacial score (nSPS) is 11.5. The summed E-state index contributed by atoms with van der Waals surface area (Å²) in [6.45, 7) is 6.36. The average molecular weight is 386 g/mol. The molecule has 0 amide bonds. The van der Waals surface area contributed by atoms with Gasteiger partial charge in [0.25, 0.3) is 0 Å². The Bertz CT molecular complexity index is 1030. The van der Waals surface area contributed by atoms with Gasteiger partial charge in [-0.05, 0) is 62.2 Å². The number of rotatable bonds is 7. The van der Waals surface area contributed by atoms with E-state index in [0.717, 1.165) is 16.8 Å². The third-order valence-corrected chi connectivity index (χ3v) is 5.58. The van der Waals surface area contributed by atoms with Gasteiger partial charge in [0.05, 0.1) is 10.6 Å². The molecular weight excluding hydrogens is 364 g/mol. The van der Waals surface area contributed by atoms with Crippen LogP contribution >= 0.6 is 0 Å². The Morgan fingerprint density at radius 1 is 0.963 bits per heavy atom. The smallest absolute Gasteiger partial charge is 0.240 e. The summed E-state index contributed by atoms with van der Waals surface area (Å²) in [5.41, 5.74) is 2.90. The third kappa shape index (κ3) is 4.69. The second kappa shape index (κ2) is 7.85. The summed E-state index contributed by atoms with van der Waals surface area (Å²) in [4.78, 5) is 0.268. The Labute approximate surface area is 158 Å². The second-order valence-electron chi connectivity index (χ2n) is 6.25. The fourth-order valence-electron chi connectivity index (χ4n) is 2.42. The highest BCUT2D eigenvalue weighted by atomic mass is 32.2. The monoisotopic (exact) mass is 386 g/mol. The number of aryl methyl sites for hydroxylation is 3. The third-order valence-electron chi connectivity index (χ3n) is 4.12. The Hall–Kier alpha value is -2.78. The number of nitrogens with zero attached hydrogens (tertiary/aromatic N) is 4. The minimum atomic E-state index is -3.53. The molecule has 2 heterocycles. The topological polar surface area (TPSA) is 102 Å². The number of hydrogen-bond donors (Lipinski definition) is 2. The summed E-state index contributed by atoms with van der Waals surface area (Å²) in [6.07, 6.45) is 1.81. The van der Waals surface area contributed by atoms with Crippen LogP contribution in [0.1, 0.15) is 16.8 Å². The van der Waals surface area contributed by atoms with Crippen LogP contribution in [0.3, 0.4) is 0 Å². The second-order valence-corrected chi connectivity index (χ2v) is 8.02. The number of benzene rings is 1. The van der Waals surface area contributed by atoms with Crippen molar-refractivity contribution in [3.63, 3.8) is 0 Å². The van der Waals surface area contributed by atoms with Crippen molar-refractivity contribution in [2.24, 2.45) is 0 Å². The number of nitrogens with one attached hydrogen (secondary N) is 2. The molecule has 27 heavy (non-hydrogen) atoms. The molecule has 8 nitrogen and oxygen atoms in total. The van der Waals surface area contributed by atoms with E-state index in [1.807, 2.05) is 33.0 Å². The Balaban J connectivity index is 1.53. The fraction of sp³-hybridized carbons (Fsp3) is 0.278. The van der Waals surface area contributed by atoms with Gasteiger partial charge in [-0.1, -0.05) is 6.07 Å². The Kier molecular flexibility index (Phi) is 5.52. The maximum Gasteiger partial charge on any atom is 0.240 e. The van der Waals surface area contributed by atoms with Gasteiger partial charge in [0.15, 0.2) is 5.82 Å². The summed E-state index contributed by atoms with van der Waals surface area (Å²) < 4.78 is 28.9. The van der Waals surface area contributed by atoms with Crippen LogP contribution in [0, 0.1) is 20.8 Å². The lowest BCUT2D eigenvalue weighted by atomic mass is 10.1. The number of anilines is 1. The molecule has 3 aromatic rings. The first-order chi connectivity index (χ1) is 12.8. The molecule has 0 unspecified atom stereocenters. The molecule has 1 aromatic carbocycles. The quantitative estimate of drug-likeness (QED) is 0.602. The highest BCUT2D eigenvalue weighted by Gasteiger charge is 2.13. The van der Waals surface area contributed by atoms with E-state index >= 15 is 0 Å². The van der Waals surface area contributed by atoms with E-state index in [2.05, 4.69) is 25.3 Å². The van der Waals surface area contributed by atoms with Crippen LogP contribution in [0.4, 0.5) is 5.82 Å². The molecule has 2 aromatic heterocycles. The maximum absolute atomic E-state index is 12.3. The minimum absolute atomic E-state index is 0.233. The van der Waals surface area contributed by atoms with Crippen molar-refractivity contribution in [2.45, 2.75) is 25.7 Å². The zero-order chi connectivity index (χ0) is 19.4. The van der Waals surface area contributed by atoms with E-state index in [1.165, 1.54) is 0 Å². The lowest BCUT2D eigenvalue weighted by molar-refractivity contribution is 0.582. The predicted molar refractivity (Wildman–Crippen MR) is 103 cm³/mol. The van der Waals surface area contributed by atoms with Gasteiger partial charge in [-0.15, -0.1) is 10.2 Å². The zero-order valence-corrected chi connectivity index (χ0v) is 16.3. The molecular formula is C18H22N6O2S. The Morgan fingerprint density at radius 3 is 2.41 bits per heavy atom. The van der Waals surface area contributed by atoms with Crippen LogP contribution in [0.15, 0.2) is 47.5 Å². The molecule has 0 saturated heterocycles. The average Bonchev–Trinajstić information content (AvgIpc) is 3.08. The van der Waals surface area contributed by atoms with E-state index < -0.39 is 10.0 Å². The van der Waals surface area contributed by atoms with E-state index in [9.17, 15) is 8.42 Å². The minimum Gasteiger partial charge on any atom is -0.367 e. The van der Waals surface area contributed by atoms with Gasteiger partial charge >= 0.3 is 0 Å². The van der Waals surface area contributed by atoms with Crippen LogP contribution in [0.5, 0.6) is 0 Å². The van der Waals surface area contributed by atoms with Crippen LogP contribution in [0.2, 0.25) is 0 Å². The molecule has 2 N–H and O–H groups in total. The zero-order valence-electron chi connectivity index (χ0n) is 15.5. The molecule has 9 heteroatoms. The maximum atomic E-state index is 12.3. The van der Waals surface area contributed by atoms with Crippen LogP contribution in [-0.2, 0) is 10.0 Å². The summed E-state index contributed by atoms with van der Waals surface area (Å²) in [5.74, 6) is 1.18. The molecule has 0 atom stereocenters. The van der Waals surface area contributed by atoms with Crippen molar-refractivity contribution in [1.29, 1.82) is 0 Å². The first kappa shape index (κ1) is 19.0. The van der Waals surface area contributed by atoms with Crippen molar-refractivity contribution < 1.29 is 8.42 Å².